The number of urea groups is 1. The molecular formula is C22H37N3O4. The fourth-order valence-corrected chi connectivity index (χ4v) is 3.17. The van der Waals surface area contributed by atoms with E-state index < -0.39 is 17.7 Å². The van der Waals surface area contributed by atoms with Crippen LogP contribution in [0.2, 0.25) is 0 Å². The molecule has 7 heteroatoms. The Labute approximate surface area is 174 Å². The molecule has 1 rings (SSSR count). The van der Waals surface area contributed by atoms with Crippen LogP contribution in [0.25, 0.3) is 0 Å². The molecule has 0 saturated carbocycles. The summed E-state index contributed by atoms with van der Waals surface area (Å²) in [4.78, 5) is 24.1. The van der Waals surface area contributed by atoms with Gasteiger partial charge < -0.3 is 15.5 Å². The first-order valence-electron chi connectivity index (χ1n) is 10.9. The van der Waals surface area contributed by atoms with Crippen molar-refractivity contribution in [1.29, 1.82) is 0 Å². The van der Waals surface area contributed by atoms with Crippen LogP contribution < -0.4 is 11.2 Å². The molecule has 0 aliphatic heterocycles. The molecule has 164 valence electrons. The summed E-state index contributed by atoms with van der Waals surface area (Å²) in [5.41, 5.74) is -0.147. The fourth-order valence-electron chi connectivity index (χ4n) is 3.17. The molecule has 29 heavy (non-hydrogen) atoms. The number of hydrogen-bond acceptors (Lipinski definition) is 5. The van der Waals surface area contributed by atoms with Gasteiger partial charge in [-0.1, -0.05) is 77.6 Å². The van der Waals surface area contributed by atoms with Crippen molar-refractivity contribution < 1.29 is 19.8 Å². The molecule has 0 saturated heterocycles. The van der Waals surface area contributed by atoms with Gasteiger partial charge in [-0.2, -0.15) is 5.01 Å². The van der Waals surface area contributed by atoms with Gasteiger partial charge in [-0.05, 0) is 18.6 Å². The third-order valence-corrected chi connectivity index (χ3v) is 4.96. The summed E-state index contributed by atoms with van der Waals surface area (Å²) >= 11 is 0. The number of amides is 3. The second kappa shape index (κ2) is 14.7. The van der Waals surface area contributed by atoms with E-state index in [0.717, 1.165) is 25.3 Å². The van der Waals surface area contributed by atoms with E-state index in [4.69, 9.17) is 5.84 Å². The first kappa shape index (κ1) is 24.8. The van der Waals surface area contributed by atoms with E-state index in [0.29, 0.717) is 11.6 Å². The van der Waals surface area contributed by atoms with Gasteiger partial charge in [-0.15, -0.1) is 0 Å². The fraction of sp³-hybridized carbons (Fsp3) is 0.636. The largest absolute Gasteiger partial charge is 0.508 e. The molecule has 0 heterocycles. The highest BCUT2D eigenvalue weighted by Gasteiger charge is 2.22. The zero-order valence-electron chi connectivity index (χ0n) is 17.7. The summed E-state index contributed by atoms with van der Waals surface area (Å²) in [6.07, 6.45) is 14.8. The van der Waals surface area contributed by atoms with Crippen molar-refractivity contribution in [3.63, 3.8) is 0 Å². The zero-order valence-corrected chi connectivity index (χ0v) is 17.7. The monoisotopic (exact) mass is 407 g/mol. The average Bonchev–Trinajstić information content (AvgIpc) is 2.70. The minimum absolute atomic E-state index is 0.147. The molecule has 0 bridgehead atoms. The van der Waals surface area contributed by atoms with Crippen LogP contribution in [0.4, 0.5) is 4.79 Å². The number of nitrogens with zero attached hydrogens (tertiary/aromatic N) is 1. The number of benzene rings is 1. The number of carbonyl (C=O) groups excluding carboxylic acids is 2. The summed E-state index contributed by atoms with van der Waals surface area (Å²) < 4.78 is 0. The zero-order chi connectivity index (χ0) is 21.5. The maximum atomic E-state index is 12.2. The Morgan fingerprint density at radius 3 is 1.93 bits per heavy atom. The van der Waals surface area contributed by atoms with Gasteiger partial charge in [0, 0.05) is 12.6 Å². The topological polar surface area (TPSA) is 116 Å². The Balaban J connectivity index is 2.08. The highest BCUT2D eigenvalue weighted by Crippen LogP contribution is 2.23. The van der Waals surface area contributed by atoms with Crippen molar-refractivity contribution in [2.75, 3.05) is 6.54 Å². The molecule has 0 atom stereocenters. The van der Waals surface area contributed by atoms with E-state index >= 15 is 0 Å². The molecule has 0 aromatic heterocycles. The number of nitrogens with two attached hydrogens (primary N) is 1. The van der Waals surface area contributed by atoms with Gasteiger partial charge in [0.05, 0.1) is 5.56 Å². The van der Waals surface area contributed by atoms with E-state index in [1.165, 1.54) is 69.9 Å². The molecule has 7 nitrogen and oxygen atoms in total. The molecule has 0 radical (unpaired) electrons. The van der Waals surface area contributed by atoms with Crippen LogP contribution in [0.3, 0.4) is 0 Å². The first-order chi connectivity index (χ1) is 14.0. The van der Waals surface area contributed by atoms with E-state index in [-0.39, 0.29) is 11.3 Å². The van der Waals surface area contributed by atoms with Crippen LogP contribution in [0.5, 0.6) is 11.5 Å². The number of hydrazine groups is 1. The van der Waals surface area contributed by atoms with Crippen LogP contribution in [0.15, 0.2) is 18.2 Å². The Hall–Kier alpha value is -2.28. The predicted molar refractivity (Wildman–Crippen MR) is 115 cm³/mol. The van der Waals surface area contributed by atoms with Crippen LogP contribution in [0, 0.1) is 0 Å². The number of carbonyl (C=O) groups is 2. The number of hydrogen-bond donors (Lipinski definition) is 4. The van der Waals surface area contributed by atoms with Crippen molar-refractivity contribution in [3.05, 3.63) is 23.8 Å². The molecule has 5 N–H and O–H groups in total. The quantitative estimate of drug-likeness (QED) is 0.153. The van der Waals surface area contributed by atoms with Crippen LogP contribution in [-0.2, 0) is 0 Å². The van der Waals surface area contributed by atoms with Crippen LogP contribution in [0.1, 0.15) is 94.3 Å². The number of aromatic hydroxyl groups is 2. The maximum absolute atomic E-state index is 12.2. The second-order valence-corrected chi connectivity index (χ2v) is 7.50. The molecule has 0 spiro atoms. The highest BCUT2D eigenvalue weighted by atomic mass is 16.3. The number of imide groups is 1. The van der Waals surface area contributed by atoms with Gasteiger partial charge in [0.2, 0.25) is 0 Å². The lowest BCUT2D eigenvalue weighted by molar-refractivity contribution is 0.0797. The van der Waals surface area contributed by atoms with E-state index in [2.05, 4.69) is 12.2 Å². The van der Waals surface area contributed by atoms with Gasteiger partial charge in [-0.25, -0.2) is 10.6 Å². The predicted octanol–water partition coefficient (Wildman–Crippen LogP) is 4.82. The number of unbranched alkanes of at least 4 members (excludes halogenated alkanes) is 11. The van der Waals surface area contributed by atoms with Crippen LogP contribution in [-0.4, -0.2) is 33.7 Å². The number of rotatable bonds is 14. The highest BCUT2D eigenvalue weighted by molar-refractivity contribution is 6.05. The lowest BCUT2D eigenvalue weighted by Crippen LogP contribution is -2.48. The van der Waals surface area contributed by atoms with E-state index in [1.807, 2.05) is 0 Å². The minimum Gasteiger partial charge on any atom is -0.508 e. The third-order valence-electron chi connectivity index (χ3n) is 4.96. The summed E-state index contributed by atoms with van der Waals surface area (Å²) in [6, 6.07) is 2.76. The second-order valence-electron chi connectivity index (χ2n) is 7.50. The van der Waals surface area contributed by atoms with Crippen molar-refractivity contribution in [2.24, 2.45) is 5.84 Å². The van der Waals surface area contributed by atoms with Crippen molar-refractivity contribution in [2.45, 2.75) is 84.0 Å². The van der Waals surface area contributed by atoms with Gasteiger partial charge in [-0.3, -0.25) is 4.79 Å². The summed E-state index contributed by atoms with van der Waals surface area (Å²) in [7, 11) is 0. The Morgan fingerprint density at radius 2 is 1.41 bits per heavy atom. The van der Waals surface area contributed by atoms with E-state index in [9.17, 15) is 19.8 Å². The van der Waals surface area contributed by atoms with Crippen molar-refractivity contribution >= 4 is 11.9 Å². The van der Waals surface area contributed by atoms with Gasteiger partial charge in [0.15, 0.2) is 0 Å². The Kier molecular flexibility index (Phi) is 12.5. The standard InChI is InChI=1S/C22H37N3O4/c1-2-3-4-5-6-7-8-9-10-11-12-13-16-24-22(29)25(23)21(28)19-15-14-18(26)17-20(19)27/h14-15,17,26-27H,2-13,16,23H2,1H3,(H,24,29). The smallest absolute Gasteiger partial charge is 0.338 e. The van der Waals surface area contributed by atoms with E-state index in [1.54, 1.807) is 0 Å². The lowest BCUT2D eigenvalue weighted by atomic mass is 10.1. The molecule has 1 aromatic rings. The number of phenolic OH excluding ortho intramolecular Hbond substituents is 2. The SMILES string of the molecule is CCCCCCCCCCCCCCNC(=O)N(N)C(=O)c1ccc(O)cc1O. The maximum Gasteiger partial charge on any atom is 0.338 e. The molecule has 3 amide bonds. The third kappa shape index (κ3) is 10.2. The lowest BCUT2D eigenvalue weighted by Gasteiger charge is -2.16. The average molecular weight is 408 g/mol. The molecule has 0 aliphatic rings. The first-order valence-corrected chi connectivity index (χ1v) is 10.9. The summed E-state index contributed by atoms with van der Waals surface area (Å²) in [5.74, 6) is 4.09. The van der Waals surface area contributed by atoms with Gasteiger partial charge in [0.1, 0.15) is 11.5 Å². The molecule has 1 aromatic carbocycles. The van der Waals surface area contributed by atoms with Gasteiger partial charge in [0.25, 0.3) is 5.91 Å². The van der Waals surface area contributed by atoms with Crippen molar-refractivity contribution in [3.8, 4) is 11.5 Å². The normalized spacial score (nSPS) is 10.7. The number of phenols is 2. The Bertz CT molecular complexity index is 622. The number of nitrogens with one attached hydrogen (secondary N) is 1. The minimum atomic E-state index is -0.838. The molecule has 0 unspecified atom stereocenters. The molecule has 0 fully saturated rings. The van der Waals surface area contributed by atoms with Gasteiger partial charge >= 0.3 is 6.03 Å². The molecule has 0 aliphatic carbocycles. The summed E-state index contributed by atoms with van der Waals surface area (Å²) in [5, 5.41) is 22.0. The van der Waals surface area contributed by atoms with Crippen LogP contribution >= 0.6 is 0 Å². The Morgan fingerprint density at radius 1 is 0.897 bits per heavy atom. The summed E-state index contributed by atoms with van der Waals surface area (Å²) in [6.45, 7) is 2.68. The molecular weight excluding hydrogens is 370 g/mol. The van der Waals surface area contributed by atoms with Crippen molar-refractivity contribution in [1.82, 2.24) is 10.3 Å².